The Morgan fingerprint density at radius 3 is 2.67 bits per heavy atom. The molecule has 0 atom stereocenters. The molecule has 0 unspecified atom stereocenters. The van der Waals surface area contributed by atoms with Crippen LogP contribution in [0, 0.1) is 0 Å². The molecular formula is C11H15N7. The van der Waals surface area contributed by atoms with E-state index in [2.05, 4.69) is 25.0 Å². The maximum Gasteiger partial charge on any atom is 0.247 e. The van der Waals surface area contributed by atoms with Crippen molar-refractivity contribution in [3.8, 4) is 5.82 Å². The van der Waals surface area contributed by atoms with Crippen LogP contribution in [0.15, 0.2) is 18.6 Å². The molecule has 7 nitrogen and oxygen atoms in total. The van der Waals surface area contributed by atoms with Crippen molar-refractivity contribution in [3.63, 3.8) is 0 Å². The predicted molar refractivity (Wildman–Crippen MR) is 67.4 cm³/mol. The van der Waals surface area contributed by atoms with Crippen LogP contribution < -0.4 is 10.6 Å². The zero-order chi connectivity index (χ0) is 12.4. The first kappa shape index (κ1) is 10.9. The Morgan fingerprint density at radius 2 is 1.94 bits per heavy atom. The van der Waals surface area contributed by atoms with Crippen LogP contribution in [-0.4, -0.2) is 37.8 Å². The van der Waals surface area contributed by atoms with Gasteiger partial charge in [0.15, 0.2) is 5.82 Å². The Morgan fingerprint density at radius 1 is 1.11 bits per heavy atom. The minimum Gasteiger partial charge on any atom is -0.368 e. The molecule has 3 heterocycles. The van der Waals surface area contributed by atoms with Gasteiger partial charge in [0.2, 0.25) is 11.9 Å². The third kappa shape index (κ3) is 1.99. The molecule has 1 fully saturated rings. The van der Waals surface area contributed by atoms with Gasteiger partial charge in [-0.3, -0.25) is 4.98 Å². The van der Waals surface area contributed by atoms with E-state index in [1.165, 1.54) is 23.9 Å². The molecule has 0 radical (unpaired) electrons. The van der Waals surface area contributed by atoms with Crippen molar-refractivity contribution < 1.29 is 0 Å². The molecule has 2 aromatic rings. The molecule has 0 spiro atoms. The zero-order valence-electron chi connectivity index (χ0n) is 10.0. The summed E-state index contributed by atoms with van der Waals surface area (Å²) in [5, 5.41) is 4.41. The van der Waals surface area contributed by atoms with Gasteiger partial charge in [-0.25, -0.2) is 4.98 Å². The molecule has 7 heteroatoms. The molecule has 94 valence electrons. The smallest absolute Gasteiger partial charge is 0.247 e. The van der Waals surface area contributed by atoms with E-state index in [-0.39, 0.29) is 0 Å². The highest BCUT2D eigenvalue weighted by Crippen LogP contribution is 2.18. The molecule has 2 aromatic heterocycles. The van der Waals surface area contributed by atoms with Crippen LogP contribution in [0.3, 0.4) is 0 Å². The van der Waals surface area contributed by atoms with Crippen LogP contribution in [0.1, 0.15) is 19.3 Å². The Balaban J connectivity index is 1.91. The Bertz CT molecular complexity index is 515. The van der Waals surface area contributed by atoms with E-state index in [9.17, 15) is 0 Å². The second-order valence-electron chi connectivity index (χ2n) is 4.29. The Hall–Kier alpha value is -2.18. The van der Waals surface area contributed by atoms with Crippen molar-refractivity contribution in [2.24, 2.45) is 0 Å². The van der Waals surface area contributed by atoms with Crippen LogP contribution >= 0.6 is 0 Å². The van der Waals surface area contributed by atoms with Crippen molar-refractivity contribution in [3.05, 3.63) is 18.6 Å². The van der Waals surface area contributed by atoms with Crippen molar-refractivity contribution in [2.45, 2.75) is 19.3 Å². The summed E-state index contributed by atoms with van der Waals surface area (Å²) in [6.45, 7) is 1.98. The first-order chi connectivity index (χ1) is 8.84. The molecule has 1 aliphatic heterocycles. The third-order valence-corrected chi connectivity index (χ3v) is 3.03. The van der Waals surface area contributed by atoms with Crippen LogP contribution in [0.4, 0.5) is 11.9 Å². The number of nitrogens with two attached hydrogens (primary N) is 1. The summed E-state index contributed by atoms with van der Waals surface area (Å²) >= 11 is 0. The summed E-state index contributed by atoms with van der Waals surface area (Å²) < 4.78 is 1.52. The van der Waals surface area contributed by atoms with E-state index in [1.54, 1.807) is 18.6 Å². The highest BCUT2D eigenvalue weighted by molar-refractivity contribution is 5.39. The fourth-order valence-corrected chi connectivity index (χ4v) is 2.11. The first-order valence-electron chi connectivity index (χ1n) is 6.08. The lowest BCUT2D eigenvalue weighted by atomic mass is 10.1. The Kier molecular flexibility index (Phi) is 2.79. The topological polar surface area (TPSA) is 85.8 Å². The number of nitrogens with zero attached hydrogens (tertiary/aromatic N) is 6. The van der Waals surface area contributed by atoms with Gasteiger partial charge in [0, 0.05) is 25.5 Å². The van der Waals surface area contributed by atoms with E-state index in [4.69, 9.17) is 5.73 Å². The van der Waals surface area contributed by atoms with E-state index >= 15 is 0 Å². The van der Waals surface area contributed by atoms with Gasteiger partial charge in [0.1, 0.15) is 0 Å². The molecule has 3 rings (SSSR count). The minimum absolute atomic E-state index is 0.344. The number of nitrogen functional groups attached to an aromatic ring is 1. The van der Waals surface area contributed by atoms with Gasteiger partial charge in [0.05, 0.1) is 6.20 Å². The normalized spacial score (nSPS) is 15.9. The SMILES string of the molecule is Nc1nc(N2CCCCC2)nn1-c1cnccn1. The third-order valence-electron chi connectivity index (χ3n) is 3.03. The summed E-state index contributed by atoms with van der Waals surface area (Å²) in [4.78, 5) is 14.6. The molecule has 1 saturated heterocycles. The van der Waals surface area contributed by atoms with Crippen molar-refractivity contribution >= 4 is 11.9 Å². The molecular weight excluding hydrogens is 230 g/mol. The molecule has 18 heavy (non-hydrogen) atoms. The average molecular weight is 245 g/mol. The molecule has 0 aliphatic carbocycles. The Labute approximate surface area is 105 Å². The van der Waals surface area contributed by atoms with Gasteiger partial charge in [-0.1, -0.05) is 0 Å². The van der Waals surface area contributed by atoms with Crippen molar-refractivity contribution in [1.82, 2.24) is 24.7 Å². The maximum atomic E-state index is 5.87. The zero-order valence-corrected chi connectivity index (χ0v) is 10.0. The van der Waals surface area contributed by atoms with Gasteiger partial charge in [-0.05, 0) is 19.3 Å². The number of piperidine rings is 1. The van der Waals surface area contributed by atoms with Crippen molar-refractivity contribution in [2.75, 3.05) is 23.7 Å². The fraction of sp³-hybridized carbons (Fsp3) is 0.455. The lowest BCUT2D eigenvalue weighted by Gasteiger charge is -2.24. The molecule has 0 aromatic carbocycles. The highest BCUT2D eigenvalue weighted by Gasteiger charge is 2.17. The second-order valence-corrected chi connectivity index (χ2v) is 4.29. The summed E-state index contributed by atoms with van der Waals surface area (Å²) in [5.41, 5.74) is 5.87. The average Bonchev–Trinajstić information content (AvgIpc) is 2.83. The summed E-state index contributed by atoms with van der Waals surface area (Å²) in [5.74, 6) is 1.61. The number of hydrogen-bond donors (Lipinski definition) is 1. The van der Waals surface area contributed by atoms with Crippen LogP contribution in [0.25, 0.3) is 5.82 Å². The summed E-state index contributed by atoms with van der Waals surface area (Å²) in [6.07, 6.45) is 8.47. The van der Waals surface area contributed by atoms with Gasteiger partial charge >= 0.3 is 0 Å². The minimum atomic E-state index is 0.344. The van der Waals surface area contributed by atoms with Gasteiger partial charge in [-0.2, -0.15) is 9.67 Å². The predicted octanol–water partition coefficient (Wildman–Crippen LogP) is 0.630. The van der Waals surface area contributed by atoms with Crippen LogP contribution in [-0.2, 0) is 0 Å². The highest BCUT2D eigenvalue weighted by atomic mass is 15.5. The standard InChI is InChI=1S/C11H15N7/c12-10-15-11(17-6-2-1-3-7-17)16-18(10)9-8-13-4-5-14-9/h4-5,8H,1-3,6-7H2,(H2,12,15,16). The second kappa shape index (κ2) is 4.59. The maximum absolute atomic E-state index is 5.87. The van der Waals surface area contributed by atoms with E-state index in [1.807, 2.05) is 0 Å². The summed E-state index contributed by atoms with van der Waals surface area (Å²) in [7, 11) is 0. The van der Waals surface area contributed by atoms with Crippen molar-refractivity contribution in [1.29, 1.82) is 0 Å². The largest absolute Gasteiger partial charge is 0.368 e. The first-order valence-corrected chi connectivity index (χ1v) is 6.08. The number of rotatable bonds is 2. The van der Waals surface area contributed by atoms with Gasteiger partial charge < -0.3 is 10.6 Å². The van der Waals surface area contributed by atoms with Gasteiger partial charge in [0.25, 0.3) is 0 Å². The van der Waals surface area contributed by atoms with E-state index in [0.717, 1.165) is 13.1 Å². The quantitative estimate of drug-likeness (QED) is 0.835. The summed E-state index contributed by atoms with van der Waals surface area (Å²) in [6, 6.07) is 0. The molecule has 2 N–H and O–H groups in total. The molecule has 1 aliphatic rings. The molecule has 0 bridgehead atoms. The number of aromatic nitrogens is 5. The lowest BCUT2D eigenvalue weighted by Crippen LogP contribution is -2.30. The number of anilines is 2. The molecule has 0 saturated carbocycles. The van der Waals surface area contributed by atoms with E-state index in [0.29, 0.717) is 17.7 Å². The van der Waals surface area contributed by atoms with Crippen LogP contribution in [0.5, 0.6) is 0 Å². The monoisotopic (exact) mass is 245 g/mol. The fourth-order valence-electron chi connectivity index (χ4n) is 2.11. The lowest BCUT2D eigenvalue weighted by molar-refractivity contribution is 0.567. The number of hydrogen-bond acceptors (Lipinski definition) is 6. The van der Waals surface area contributed by atoms with Gasteiger partial charge in [-0.15, -0.1) is 5.10 Å². The van der Waals surface area contributed by atoms with E-state index < -0.39 is 0 Å². The molecule has 0 amide bonds. The van der Waals surface area contributed by atoms with Crippen LogP contribution in [0.2, 0.25) is 0 Å².